The van der Waals surface area contributed by atoms with Crippen molar-refractivity contribution in [3.8, 4) is 5.75 Å². The number of fused-ring (bicyclic) bond motifs is 1. The summed E-state index contributed by atoms with van der Waals surface area (Å²) in [5, 5.41) is 3.67. The summed E-state index contributed by atoms with van der Waals surface area (Å²) in [6.45, 7) is 5.72. The number of amides is 1. The van der Waals surface area contributed by atoms with E-state index >= 15 is 0 Å². The molecule has 1 amide bonds. The molecule has 5 heteroatoms. The summed E-state index contributed by atoms with van der Waals surface area (Å²) in [4.78, 5) is 23.0. The highest BCUT2D eigenvalue weighted by Crippen LogP contribution is 2.22. The first-order valence-corrected chi connectivity index (χ1v) is 6.96. The fraction of sp³-hybridized carbons (Fsp3) is 0.375. The third-order valence-corrected chi connectivity index (χ3v) is 3.31. The van der Waals surface area contributed by atoms with Crippen LogP contribution in [0.15, 0.2) is 33.5 Å². The molecule has 0 saturated carbocycles. The predicted octanol–water partition coefficient (Wildman–Crippen LogP) is 2.39. The largest absolute Gasteiger partial charge is 0.484 e. The fourth-order valence-electron chi connectivity index (χ4n) is 1.96. The van der Waals surface area contributed by atoms with Crippen molar-refractivity contribution in [1.82, 2.24) is 5.32 Å². The van der Waals surface area contributed by atoms with Crippen molar-refractivity contribution in [2.45, 2.75) is 33.2 Å². The molecule has 1 atom stereocenters. The van der Waals surface area contributed by atoms with E-state index in [9.17, 15) is 9.59 Å². The van der Waals surface area contributed by atoms with Crippen molar-refractivity contribution >= 4 is 16.9 Å². The lowest BCUT2D eigenvalue weighted by Crippen LogP contribution is -2.35. The maximum Gasteiger partial charge on any atom is 0.336 e. The Hall–Kier alpha value is -2.30. The molecule has 0 radical (unpaired) electrons. The van der Waals surface area contributed by atoms with Crippen molar-refractivity contribution in [1.29, 1.82) is 0 Å². The van der Waals surface area contributed by atoms with E-state index < -0.39 is 5.63 Å². The SMILES string of the molecule is CCC(C)NC(=O)COc1ccc2c(C)cc(=O)oc2c1. The number of hydrogen-bond acceptors (Lipinski definition) is 4. The van der Waals surface area contributed by atoms with E-state index in [4.69, 9.17) is 9.15 Å². The first kappa shape index (κ1) is 15.1. The molecule has 1 aromatic carbocycles. The van der Waals surface area contributed by atoms with Crippen LogP contribution in [-0.2, 0) is 4.79 Å². The Bertz CT molecular complexity index is 705. The minimum Gasteiger partial charge on any atom is -0.484 e. The second-order valence-electron chi connectivity index (χ2n) is 5.07. The second kappa shape index (κ2) is 6.43. The highest BCUT2D eigenvalue weighted by Gasteiger charge is 2.08. The van der Waals surface area contributed by atoms with E-state index in [1.54, 1.807) is 12.1 Å². The summed E-state index contributed by atoms with van der Waals surface area (Å²) in [5.74, 6) is 0.325. The summed E-state index contributed by atoms with van der Waals surface area (Å²) >= 11 is 0. The van der Waals surface area contributed by atoms with Gasteiger partial charge in [0.05, 0.1) is 0 Å². The van der Waals surface area contributed by atoms with Gasteiger partial charge in [-0.3, -0.25) is 4.79 Å². The minimum absolute atomic E-state index is 0.0636. The van der Waals surface area contributed by atoms with Gasteiger partial charge in [-0.15, -0.1) is 0 Å². The lowest BCUT2D eigenvalue weighted by molar-refractivity contribution is -0.123. The average Bonchev–Trinajstić information content (AvgIpc) is 2.44. The third-order valence-electron chi connectivity index (χ3n) is 3.31. The molecule has 0 spiro atoms. The third kappa shape index (κ3) is 3.84. The van der Waals surface area contributed by atoms with Gasteiger partial charge in [0.2, 0.25) is 0 Å². The van der Waals surface area contributed by atoms with Gasteiger partial charge in [0.15, 0.2) is 6.61 Å². The molecule has 1 unspecified atom stereocenters. The van der Waals surface area contributed by atoms with Gasteiger partial charge >= 0.3 is 5.63 Å². The number of benzene rings is 1. The Morgan fingerprint density at radius 3 is 2.86 bits per heavy atom. The van der Waals surface area contributed by atoms with E-state index in [0.717, 1.165) is 17.4 Å². The molecule has 2 aromatic rings. The standard InChI is InChI=1S/C16H19NO4/c1-4-11(3)17-15(18)9-20-12-5-6-13-10(2)7-16(19)21-14(13)8-12/h5-8,11H,4,9H2,1-3H3,(H,17,18). The molecule has 1 heterocycles. The minimum atomic E-state index is -0.397. The summed E-state index contributed by atoms with van der Waals surface area (Å²) in [6.07, 6.45) is 0.867. The van der Waals surface area contributed by atoms with Crippen LogP contribution in [0.5, 0.6) is 5.75 Å². The molecular formula is C16H19NO4. The van der Waals surface area contributed by atoms with Crippen LogP contribution in [0.2, 0.25) is 0 Å². The highest BCUT2D eigenvalue weighted by atomic mass is 16.5. The number of hydrogen-bond donors (Lipinski definition) is 1. The van der Waals surface area contributed by atoms with Gasteiger partial charge in [-0.1, -0.05) is 6.92 Å². The number of nitrogens with one attached hydrogen (secondary N) is 1. The van der Waals surface area contributed by atoms with Crippen molar-refractivity contribution in [2.75, 3.05) is 6.61 Å². The monoisotopic (exact) mass is 289 g/mol. The molecule has 5 nitrogen and oxygen atoms in total. The van der Waals surface area contributed by atoms with Crippen LogP contribution in [0.1, 0.15) is 25.8 Å². The van der Waals surface area contributed by atoms with E-state index in [1.807, 2.05) is 26.8 Å². The van der Waals surface area contributed by atoms with Crippen LogP contribution in [0.25, 0.3) is 11.0 Å². The van der Waals surface area contributed by atoms with Gasteiger partial charge in [0.25, 0.3) is 5.91 Å². The Kier molecular flexibility index (Phi) is 4.62. The molecular weight excluding hydrogens is 270 g/mol. The maximum absolute atomic E-state index is 11.6. The zero-order valence-electron chi connectivity index (χ0n) is 12.4. The first-order chi connectivity index (χ1) is 9.99. The molecule has 0 fully saturated rings. The van der Waals surface area contributed by atoms with E-state index in [1.165, 1.54) is 6.07 Å². The number of ether oxygens (including phenoxy) is 1. The maximum atomic E-state index is 11.6. The van der Waals surface area contributed by atoms with E-state index in [2.05, 4.69) is 5.32 Å². The predicted molar refractivity (Wildman–Crippen MR) is 80.6 cm³/mol. The highest BCUT2D eigenvalue weighted by molar-refractivity contribution is 5.81. The smallest absolute Gasteiger partial charge is 0.336 e. The van der Waals surface area contributed by atoms with Gasteiger partial charge in [-0.05, 0) is 38.0 Å². The van der Waals surface area contributed by atoms with Gasteiger partial charge in [-0.25, -0.2) is 4.79 Å². The summed E-state index contributed by atoms with van der Waals surface area (Å²) in [6, 6.07) is 6.77. The van der Waals surface area contributed by atoms with E-state index in [0.29, 0.717) is 11.3 Å². The summed E-state index contributed by atoms with van der Waals surface area (Å²) in [7, 11) is 0. The lowest BCUT2D eigenvalue weighted by atomic mass is 10.1. The van der Waals surface area contributed by atoms with Gasteiger partial charge in [0.1, 0.15) is 11.3 Å². The number of carbonyl (C=O) groups excluding carboxylic acids is 1. The van der Waals surface area contributed by atoms with Crippen molar-refractivity contribution < 1.29 is 13.9 Å². The first-order valence-electron chi connectivity index (χ1n) is 6.96. The Morgan fingerprint density at radius 2 is 2.14 bits per heavy atom. The van der Waals surface area contributed by atoms with Gasteiger partial charge in [-0.2, -0.15) is 0 Å². The Labute approximate surface area is 122 Å². The quantitative estimate of drug-likeness (QED) is 0.858. The molecule has 0 aliphatic rings. The number of aryl methyl sites for hydroxylation is 1. The van der Waals surface area contributed by atoms with Crippen LogP contribution in [0.3, 0.4) is 0 Å². The average molecular weight is 289 g/mol. The van der Waals surface area contributed by atoms with Crippen LogP contribution in [0.4, 0.5) is 0 Å². The molecule has 0 aliphatic carbocycles. The van der Waals surface area contributed by atoms with Crippen LogP contribution >= 0.6 is 0 Å². The van der Waals surface area contributed by atoms with Crippen molar-refractivity contribution in [3.05, 3.63) is 40.2 Å². The van der Waals surface area contributed by atoms with Gasteiger partial charge < -0.3 is 14.5 Å². The summed E-state index contributed by atoms with van der Waals surface area (Å²) in [5.41, 5.74) is 0.911. The molecule has 2 rings (SSSR count). The molecule has 0 bridgehead atoms. The van der Waals surface area contributed by atoms with Crippen molar-refractivity contribution in [3.63, 3.8) is 0 Å². The van der Waals surface area contributed by atoms with E-state index in [-0.39, 0.29) is 18.6 Å². The zero-order valence-corrected chi connectivity index (χ0v) is 12.4. The lowest BCUT2D eigenvalue weighted by Gasteiger charge is -2.12. The molecule has 112 valence electrons. The van der Waals surface area contributed by atoms with Crippen LogP contribution in [-0.4, -0.2) is 18.6 Å². The van der Waals surface area contributed by atoms with Gasteiger partial charge in [0, 0.05) is 23.6 Å². The van der Waals surface area contributed by atoms with Crippen LogP contribution < -0.4 is 15.7 Å². The van der Waals surface area contributed by atoms with Crippen molar-refractivity contribution in [2.24, 2.45) is 0 Å². The fourth-order valence-corrected chi connectivity index (χ4v) is 1.96. The molecule has 21 heavy (non-hydrogen) atoms. The number of carbonyl (C=O) groups is 1. The molecule has 1 N–H and O–H groups in total. The Balaban J connectivity index is 2.10. The topological polar surface area (TPSA) is 68.5 Å². The molecule has 0 aliphatic heterocycles. The Morgan fingerprint density at radius 1 is 1.38 bits per heavy atom. The van der Waals surface area contributed by atoms with Crippen LogP contribution in [0, 0.1) is 6.92 Å². The molecule has 0 saturated heterocycles. The summed E-state index contributed by atoms with van der Waals surface area (Å²) < 4.78 is 10.6. The second-order valence-corrected chi connectivity index (χ2v) is 5.07. The zero-order chi connectivity index (χ0) is 15.4. The normalized spacial score (nSPS) is 12.1. The molecule has 1 aromatic heterocycles. The number of rotatable bonds is 5.